The van der Waals surface area contributed by atoms with Crippen molar-refractivity contribution in [1.29, 1.82) is 0 Å². The molecule has 3 rings (SSSR count). The van der Waals surface area contributed by atoms with Gasteiger partial charge >= 0.3 is 6.09 Å². The standard InChI is InChI=1S/C16H20N2O5/c1-22-14-5-4-11-13(19)9-23-15(11)12(14)8-18-6-2-3-10(7-18)17-16(20)21/h4-5,10,17H,2-3,6-9H2,1H3,(H,20,21). The van der Waals surface area contributed by atoms with Gasteiger partial charge in [-0.2, -0.15) is 0 Å². The number of Topliss-reactive ketones (excluding diaryl/α,β-unsaturated/α-hetero) is 1. The Labute approximate surface area is 134 Å². The summed E-state index contributed by atoms with van der Waals surface area (Å²) in [4.78, 5) is 24.8. The van der Waals surface area contributed by atoms with E-state index in [1.807, 2.05) is 0 Å². The van der Waals surface area contributed by atoms with Gasteiger partial charge in [0.05, 0.1) is 18.2 Å². The zero-order valence-corrected chi connectivity index (χ0v) is 13.0. The van der Waals surface area contributed by atoms with Crippen LogP contribution in [0.25, 0.3) is 0 Å². The molecule has 2 heterocycles. The Hall–Kier alpha value is -2.28. The predicted molar refractivity (Wildman–Crippen MR) is 82.3 cm³/mol. The molecule has 0 spiro atoms. The van der Waals surface area contributed by atoms with Crippen molar-refractivity contribution < 1.29 is 24.2 Å². The van der Waals surface area contributed by atoms with Crippen molar-refractivity contribution in [3.8, 4) is 11.5 Å². The summed E-state index contributed by atoms with van der Waals surface area (Å²) in [6, 6.07) is 3.45. The molecule has 0 saturated carbocycles. The van der Waals surface area contributed by atoms with E-state index in [0.717, 1.165) is 24.9 Å². The summed E-state index contributed by atoms with van der Waals surface area (Å²) in [5.41, 5.74) is 1.45. The third-order valence-electron chi connectivity index (χ3n) is 4.30. The van der Waals surface area contributed by atoms with E-state index in [-0.39, 0.29) is 18.4 Å². The first-order valence-corrected chi connectivity index (χ1v) is 7.66. The monoisotopic (exact) mass is 320 g/mol. The van der Waals surface area contributed by atoms with Gasteiger partial charge in [-0.05, 0) is 31.5 Å². The SMILES string of the molecule is COc1ccc2c(c1CN1CCCC(NC(=O)O)C1)OCC2=O. The molecule has 2 aliphatic heterocycles. The number of hydrogen-bond acceptors (Lipinski definition) is 5. The number of rotatable bonds is 4. The number of likely N-dealkylation sites (tertiary alicyclic amines) is 1. The summed E-state index contributed by atoms with van der Waals surface area (Å²) in [5, 5.41) is 11.4. The fourth-order valence-corrected chi connectivity index (χ4v) is 3.27. The van der Waals surface area contributed by atoms with Crippen LogP contribution in [0.2, 0.25) is 0 Å². The largest absolute Gasteiger partial charge is 0.496 e. The molecule has 23 heavy (non-hydrogen) atoms. The second-order valence-electron chi connectivity index (χ2n) is 5.86. The molecule has 1 amide bonds. The second-order valence-corrected chi connectivity index (χ2v) is 5.86. The van der Waals surface area contributed by atoms with Crippen LogP contribution in [0.3, 0.4) is 0 Å². The van der Waals surface area contributed by atoms with E-state index >= 15 is 0 Å². The van der Waals surface area contributed by atoms with Gasteiger partial charge in [0.2, 0.25) is 5.78 Å². The smallest absolute Gasteiger partial charge is 0.404 e. The van der Waals surface area contributed by atoms with Gasteiger partial charge < -0.3 is 19.9 Å². The van der Waals surface area contributed by atoms with Crippen molar-refractivity contribution in [1.82, 2.24) is 10.2 Å². The average molecular weight is 320 g/mol. The number of nitrogens with one attached hydrogen (secondary N) is 1. The van der Waals surface area contributed by atoms with Crippen LogP contribution in [0, 0.1) is 0 Å². The van der Waals surface area contributed by atoms with Gasteiger partial charge in [-0.25, -0.2) is 4.79 Å². The highest BCUT2D eigenvalue weighted by atomic mass is 16.5. The predicted octanol–water partition coefficient (Wildman–Crippen LogP) is 1.50. The molecule has 7 nitrogen and oxygen atoms in total. The van der Waals surface area contributed by atoms with E-state index < -0.39 is 6.09 Å². The number of methoxy groups -OCH3 is 1. The molecule has 0 radical (unpaired) electrons. The van der Waals surface area contributed by atoms with Crippen LogP contribution in [0.4, 0.5) is 4.79 Å². The zero-order chi connectivity index (χ0) is 16.4. The van der Waals surface area contributed by atoms with Gasteiger partial charge in [-0.1, -0.05) is 0 Å². The molecular weight excluding hydrogens is 300 g/mol. The number of nitrogens with zero attached hydrogens (tertiary/aromatic N) is 1. The number of carbonyl (C=O) groups is 2. The van der Waals surface area contributed by atoms with E-state index in [2.05, 4.69) is 10.2 Å². The van der Waals surface area contributed by atoms with Gasteiger partial charge in [-0.15, -0.1) is 0 Å². The van der Waals surface area contributed by atoms with Crippen LogP contribution >= 0.6 is 0 Å². The van der Waals surface area contributed by atoms with Gasteiger partial charge in [0, 0.05) is 19.1 Å². The Balaban J connectivity index is 1.79. The topological polar surface area (TPSA) is 88.1 Å². The molecule has 7 heteroatoms. The summed E-state index contributed by atoms with van der Waals surface area (Å²) in [6.45, 7) is 2.14. The normalized spacial score (nSPS) is 20.7. The van der Waals surface area contributed by atoms with Crippen LogP contribution in [-0.4, -0.2) is 54.7 Å². The quantitative estimate of drug-likeness (QED) is 0.874. The fourth-order valence-electron chi connectivity index (χ4n) is 3.27. The summed E-state index contributed by atoms with van der Waals surface area (Å²) in [6.07, 6.45) is 0.758. The maximum Gasteiger partial charge on any atom is 0.404 e. The molecule has 0 aromatic heterocycles. The van der Waals surface area contributed by atoms with Gasteiger partial charge in [0.15, 0.2) is 6.61 Å². The van der Waals surface area contributed by atoms with E-state index in [1.54, 1.807) is 19.2 Å². The highest BCUT2D eigenvalue weighted by Gasteiger charge is 2.29. The summed E-state index contributed by atoms with van der Waals surface area (Å²) in [5.74, 6) is 1.27. The minimum atomic E-state index is -0.996. The molecular formula is C16H20N2O5. The van der Waals surface area contributed by atoms with Crippen molar-refractivity contribution in [2.75, 3.05) is 26.8 Å². The minimum absolute atomic E-state index is 0.0204. The molecule has 1 fully saturated rings. The average Bonchev–Trinajstić information content (AvgIpc) is 2.89. The molecule has 2 aliphatic rings. The first-order chi connectivity index (χ1) is 11.1. The summed E-state index contributed by atoms with van der Waals surface area (Å²) >= 11 is 0. The van der Waals surface area contributed by atoms with Crippen LogP contribution in [0.5, 0.6) is 11.5 Å². The van der Waals surface area contributed by atoms with Crippen molar-refractivity contribution in [3.63, 3.8) is 0 Å². The highest BCUT2D eigenvalue weighted by Crippen LogP contribution is 2.37. The lowest BCUT2D eigenvalue weighted by atomic mass is 10.0. The van der Waals surface area contributed by atoms with E-state index in [0.29, 0.717) is 30.2 Å². The fraction of sp³-hybridized carbons (Fsp3) is 0.500. The lowest BCUT2D eigenvalue weighted by molar-refractivity contribution is 0.0960. The van der Waals surface area contributed by atoms with E-state index in [9.17, 15) is 9.59 Å². The Morgan fingerprint density at radius 2 is 2.35 bits per heavy atom. The van der Waals surface area contributed by atoms with Crippen LogP contribution in [0.15, 0.2) is 12.1 Å². The number of amides is 1. The first kappa shape index (κ1) is 15.6. The number of carbonyl (C=O) groups excluding carboxylic acids is 1. The van der Waals surface area contributed by atoms with Crippen molar-refractivity contribution in [3.05, 3.63) is 23.3 Å². The molecule has 1 atom stereocenters. The van der Waals surface area contributed by atoms with Crippen LogP contribution in [0.1, 0.15) is 28.8 Å². The number of hydrogen-bond donors (Lipinski definition) is 2. The lowest BCUT2D eigenvalue weighted by Gasteiger charge is -2.33. The zero-order valence-electron chi connectivity index (χ0n) is 13.0. The number of benzene rings is 1. The molecule has 0 aliphatic carbocycles. The first-order valence-electron chi connectivity index (χ1n) is 7.66. The number of piperidine rings is 1. The Kier molecular flexibility index (Phi) is 4.38. The van der Waals surface area contributed by atoms with Crippen LogP contribution in [-0.2, 0) is 6.54 Å². The number of ether oxygens (including phenoxy) is 2. The Bertz CT molecular complexity index is 631. The molecule has 1 saturated heterocycles. The van der Waals surface area contributed by atoms with Gasteiger partial charge in [0.25, 0.3) is 0 Å². The maximum atomic E-state index is 11.8. The Morgan fingerprint density at radius 1 is 1.52 bits per heavy atom. The van der Waals surface area contributed by atoms with Crippen LogP contribution < -0.4 is 14.8 Å². The third kappa shape index (κ3) is 3.24. The molecule has 2 N–H and O–H groups in total. The highest BCUT2D eigenvalue weighted by molar-refractivity contribution is 6.03. The second kappa shape index (κ2) is 6.45. The van der Waals surface area contributed by atoms with Crippen molar-refractivity contribution in [2.24, 2.45) is 0 Å². The van der Waals surface area contributed by atoms with Crippen molar-refractivity contribution in [2.45, 2.75) is 25.4 Å². The lowest BCUT2D eigenvalue weighted by Crippen LogP contribution is -2.47. The molecule has 1 aromatic carbocycles. The minimum Gasteiger partial charge on any atom is -0.496 e. The molecule has 1 aromatic rings. The summed E-state index contributed by atoms with van der Waals surface area (Å²) < 4.78 is 11.0. The molecule has 0 bridgehead atoms. The Morgan fingerprint density at radius 3 is 3.09 bits per heavy atom. The molecule has 1 unspecified atom stereocenters. The van der Waals surface area contributed by atoms with E-state index in [1.165, 1.54) is 0 Å². The third-order valence-corrected chi connectivity index (χ3v) is 4.30. The summed E-state index contributed by atoms with van der Waals surface area (Å²) in [7, 11) is 1.59. The number of carboxylic acid groups (broad SMARTS) is 1. The van der Waals surface area contributed by atoms with Gasteiger partial charge in [-0.3, -0.25) is 9.69 Å². The van der Waals surface area contributed by atoms with Crippen molar-refractivity contribution >= 4 is 11.9 Å². The molecule has 124 valence electrons. The number of fused-ring (bicyclic) bond motifs is 1. The number of ketones is 1. The van der Waals surface area contributed by atoms with Gasteiger partial charge in [0.1, 0.15) is 11.5 Å². The van der Waals surface area contributed by atoms with E-state index in [4.69, 9.17) is 14.6 Å². The maximum absolute atomic E-state index is 11.8.